The highest BCUT2D eigenvalue weighted by Gasteiger charge is 2.44. The minimum Gasteiger partial charge on any atom is -0.503 e. The van der Waals surface area contributed by atoms with Crippen LogP contribution in [0.1, 0.15) is 27.7 Å². The van der Waals surface area contributed by atoms with Gasteiger partial charge in [0.05, 0.1) is 18.7 Å². The monoisotopic (exact) mass is 518 g/mol. The van der Waals surface area contributed by atoms with Gasteiger partial charge in [-0.05, 0) is 53.6 Å². The number of Topliss-reactive ketones (excluding diaryl/α,β-unsaturated/α-hetero) is 1. The van der Waals surface area contributed by atoms with Crippen molar-refractivity contribution in [3.8, 4) is 5.75 Å². The first-order valence-corrected chi connectivity index (χ1v) is 11.3. The predicted molar refractivity (Wildman–Crippen MR) is 128 cm³/mol. The molecule has 1 unspecified atom stereocenters. The summed E-state index contributed by atoms with van der Waals surface area (Å²) in [6.07, 6.45) is 3.28. The zero-order valence-electron chi connectivity index (χ0n) is 18.1. The molecule has 0 bridgehead atoms. The van der Waals surface area contributed by atoms with Crippen LogP contribution < -0.4 is 4.74 Å². The van der Waals surface area contributed by atoms with Crippen LogP contribution in [0.3, 0.4) is 0 Å². The van der Waals surface area contributed by atoms with Crippen LogP contribution in [0.2, 0.25) is 0 Å². The largest absolute Gasteiger partial charge is 0.503 e. The van der Waals surface area contributed by atoms with E-state index >= 15 is 0 Å². The Bertz CT molecular complexity index is 1440. The fourth-order valence-electron chi connectivity index (χ4n) is 4.15. The van der Waals surface area contributed by atoms with Gasteiger partial charge in [0.25, 0.3) is 5.91 Å². The number of hydrogen-bond acceptors (Lipinski definition) is 6. The number of aliphatic hydroxyl groups is 1. The summed E-state index contributed by atoms with van der Waals surface area (Å²) in [6.45, 7) is 0.155. The molecule has 170 valence electrons. The Balaban J connectivity index is 1.61. The number of pyridine rings is 1. The van der Waals surface area contributed by atoms with Crippen molar-refractivity contribution in [2.24, 2.45) is 0 Å². The zero-order valence-corrected chi connectivity index (χ0v) is 19.7. The number of aromatic nitrogens is 1. The van der Waals surface area contributed by atoms with E-state index < -0.39 is 23.5 Å². The van der Waals surface area contributed by atoms with Gasteiger partial charge in [0.1, 0.15) is 11.3 Å². The number of furan rings is 1. The third-order valence-electron chi connectivity index (χ3n) is 5.74. The number of ketones is 1. The lowest BCUT2D eigenvalue weighted by Crippen LogP contribution is -2.30. The van der Waals surface area contributed by atoms with Gasteiger partial charge >= 0.3 is 0 Å². The molecule has 4 aromatic rings. The fourth-order valence-corrected chi connectivity index (χ4v) is 4.53. The van der Waals surface area contributed by atoms with E-state index in [1.54, 1.807) is 54.9 Å². The van der Waals surface area contributed by atoms with Crippen LogP contribution in [0, 0.1) is 0 Å². The molecule has 7 nitrogen and oxygen atoms in total. The van der Waals surface area contributed by atoms with Gasteiger partial charge in [0.2, 0.25) is 5.78 Å². The molecule has 2 aromatic carbocycles. The van der Waals surface area contributed by atoms with Crippen molar-refractivity contribution >= 4 is 38.6 Å². The van der Waals surface area contributed by atoms with Crippen LogP contribution in [0.5, 0.6) is 5.75 Å². The first-order valence-electron chi connectivity index (χ1n) is 10.5. The van der Waals surface area contributed by atoms with E-state index in [9.17, 15) is 14.7 Å². The summed E-state index contributed by atoms with van der Waals surface area (Å²) >= 11 is 3.41. The number of fused-ring (bicyclic) bond motifs is 1. The van der Waals surface area contributed by atoms with Gasteiger partial charge in [0, 0.05) is 28.8 Å². The molecule has 1 amide bonds. The highest BCUT2D eigenvalue weighted by Crippen LogP contribution is 2.41. The third kappa shape index (κ3) is 3.86. The third-order valence-corrected chi connectivity index (χ3v) is 6.23. The van der Waals surface area contributed by atoms with Crippen molar-refractivity contribution < 1.29 is 23.8 Å². The number of aliphatic hydroxyl groups excluding tert-OH is 1. The minimum absolute atomic E-state index is 0.0403. The number of amides is 1. The highest BCUT2D eigenvalue weighted by molar-refractivity contribution is 9.10. The molecule has 1 aliphatic heterocycles. The molecule has 1 atom stereocenters. The van der Waals surface area contributed by atoms with Gasteiger partial charge in [-0.25, -0.2) is 0 Å². The minimum atomic E-state index is -0.838. The molecular weight excluding hydrogens is 500 g/mol. The number of rotatable bonds is 6. The summed E-state index contributed by atoms with van der Waals surface area (Å²) in [7, 11) is 1.54. The molecule has 5 rings (SSSR count). The Hall–Kier alpha value is -3.91. The van der Waals surface area contributed by atoms with E-state index in [0.29, 0.717) is 16.9 Å². The Morgan fingerprint density at radius 3 is 2.79 bits per heavy atom. The Labute approximate surface area is 203 Å². The quantitative estimate of drug-likeness (QED) is 0.344. The zero-order chi connectivity index (χ0) is 23.8. The topological polar surface area (TPSA) is 92.9 Å². The van der Waals surface area contributed by atoms with Gasteiger partial charge < -0.3 is 19.2 Å². The Kier molecular flexibility index (Phi) is 5.67. The summed E-state index contributed by atoms with van der Waals surface area (Å²) in [5.41, 5.74) is 1.88. The van der Waals surface area contributed by atoms with Crippen molar-refractivity contribution in [1.29, 1.82) is 0 Å². The summed E-state index contributed by atoms with van der Waals surface area (Å²) in [5, 5.41) is 11.6. The molecule has 2 aromatic heterocycles. The molecular formula is C26H19BrN2O5. The maximum Gasteiger partial charge on any atom is 0.290 e. The summed E-state index contributed by atoms with van der Waals surface area (Å²) in [5.74, 6) is -1.18. The number of carbonyl (C=O) groups excluding carboxylic acids is 2. The molecule has 8 heteroatoms. The Morgan fingerprint density at radius 2 is 2.03 bits per heavy atom. The van der Waals surface area contributed by atoms with Crippen LogP contribution >= 0.6 is 15.9 Å². The SMILES string of the molecule is COc1cccc(C2C(C(=O)c3cc4cc(Br)ccc4o3)=C(O)C(=O)N2Cc2cccnc2)c1. The van der Waals surface area contributed by atoms with E-state index in [4.69, 9.17) is 9.15 Å². The molecule has 1 aliphatic rings. The number of ether oxygens (including phenoxy) is 1. The summed E-state index contributed by atoms with van der Waals surface area (Å²) < 4.78 is 12.0. The van der Waals surface area contributed by atoms with Crippen molar-refractivity contribution in [3.05, 3.63) is 106 Å². The maximum absolute atomic E-state index is 13.6. The molecule has 0 aliphatic carbocycles. The van der Waals surface area contributed by atoms with E-state index in [-0.39, 0.29) is 17.9 Å². The molecule has 0 saturated heterocycles. The van der Waals surface area contributed by atoms with Gasteiger partial charge in [0.15, 0.2) is 11.5 Å². The van der Waals surface area contributed by atoms with Crippen molar-refractivity contribution in [1.82, 2.24) is 9.88 Å². The number of halogens is 1. The number of carbonyl (C=O) groups is 2. The lowest BCUT2D eigenvalue weighted by molar-refractivity contribution is -0.130. The maximum atomic E-state index is 13.6. The molecule has 0 fully saturated rings. The van der Waals surface area contributed by atoms with E-state index in [1.165, 1.54) is 12.0 Å². The van der Waals surface area contributed by atoms with Crippen LogP contribution in [0.4, 0.5) is 0 Å². The molecule has 3 heterocycles. The van der Waals surface area contributed by atoms with Crippen molar-refractivity contribution in [3.63, 3.8) is 0 Å². The first-order chi connectivity index (χ1) is 16.5. The molecule has 34 heavy (non-hydrogen) atoms. The predicted octanol–water partition coefficient (Wildman–Crippen LogP) is 5.38. The second-order valence-electron chi connectivity index (χ2n) is 7.86. The molecule has 0 radical (unpaired) electrons. The average molecular weight is 519 g/mol. The second-order valence-corrected chi connectivity index (χ2v) is 8.77. The number of hydrogen-bond donors (Lipinski definition) is 1. The van der Waals surface area contributed by atoms with Gasteiger partial charge in [-0.2, -0.15) is 0 Å². The molecule has 0 spiro atoms. The lowest BCUT2D eigenvalue weighted by atomic mass is 9.94. The van der Waals surface area contributed by atoms with Crippen LogP contribution in [0.25, 0.3) is 11.0 Å². The van der Waals surface area contributed by atoms with Gasteiger partial charge in [-0.1, -0.05) is 34.1 Å². The fraction of sp³-hybridized carbons (Fsp3) is 0.115. The highest BCUT2D eigenvalue weighted by atomic mass is 79.9. The van der Waals surface area contributed by atoms with E-state index in [0.717, 1.165) is 15.4 Å². The summed E-state index contributed by atoms with van der Waals surface area (Å²) in [4.78, 5) is 32.4. The standard InChI is InChI=1S/C26H19BrN2O5/c1-33-19-6-2-5-16(11-19)23-22(24(30)21-12-17-10-18(27)7-8-20(17)34-21)25(31)26(32)29(23)14-15-4-3-9-28-13-15/h2-13,23,31H,14H2,1H3. The molecule has 1 N–H and O–H groups in total. The smallest absolute Gasteiger partial charge is 0.290 e. The van der Waals surface area contributed by atoms with E-state index in [1.807, 2.05) is 18.2 Å². The van der Waals surface area contributed by atoms with Gasteiger partial charge in [-0.3, -0.25) is 14.6 Å². The normalized spacial score (nSPS) is 15.9. The molecule has 0 saturated carbocycles. The number of methoxy groups -OCH3 is 1. The number of nitrogens with zero attached hydrogens (tertiary/aromatic N) is 2. The Morgan fingerprint density at radius 1 is 1.18 bits per heavy atom. The van der Waals surface area contributed by atoms with Crippen molar-refractivity contribution in [2.75, 3.05) is 7.11 Å². The summed E-state index contributed by atoms with van der Waals surface area (Å²) in [6, 6.07) is 16.8. The first kappa shape index (κ1) is 21.9. The van der Waals surface area contributed by atoms with Crippen LogP contribution in [0.15, 0.2) is 93.3 Å². The van der Waals surface area contributed by atoms with Crippen LogP contribution in [-0.4, -0.2) is 33.8 Å². The lowest BCUT2D eigenvalue weighted by Gasteiger charge is -2.27. The second kappa shape index (κ2) is 8.79. The van der Waals surface area contributed by atoms with Gasteiger partial charge in [-0.15, -0.1) is 0 Å². The van der Waals surface area contributed by atoms with Crippen LogP contribution in [-0.2, 0) is 11.3 Å². The van der Waals surface area contributed by atoms with E-state index in [2.05, 4.69) is 20.9 Å². The average Bonchev–Trinajstić information content (AvgIpc) is 3.38. The van der Waals surface area contributed by atoms with Crippen molar-refractivity contribution in [2.45, 2.75) is 12.6 Å². The number of benzene rings is 2.